The van der Waals surface area contributed by atoms with Gasteiger partial charge in [-0.3, -0.25) is 0 Å². The standard InChI is InChI=1S/C30H24BN3O/c35-30-25(21-14-8-16-26-22(18-17-21)15-9-19-32-26)20-33-29-27(23-10-4-1-2-5-11-23)28(31-34(29)30)24-12-6-3-7-13-24/h1-4,6-15,17,19-20,33H,5,16,18H2. The van der Waals surface area contributed by atoms with E-state index in [1.807, 2.05) is 49.8 Å². The van der Waals surface area contributed by atoms with Crippen molar-refractivity contribution in [3.63, 3.8) is 0 Å². The summed E-state index contributed by atoms with van der Waals surface area (Å²) in [6.45, 7) is 0. The van der Waals surface area contributed by atoms with Crippen molar-refractivity contribution in [1.29, 1.82) is 0 Å². The van der Waals surface area contributed by atoms with Gasteiger partial charge in [-0.2, -0.15) is 0 Å². The fraction of sp³-hybridized carbons (Fsp3) is 0.100. The summed E-state index contributed by atoms with van der Waals surface area (Å²) in [4.78, 5) is 21.8. The van der Waals surface area contributed by atoms with E-state index >= 15 is 0 Å². The molecule has 1 aromatic carbocycles. The third-order valence-corrected chi connectivity index (χ3v) is 6.62. The predicted molar refractivity (Wildman–Crippen MR) is 144 cm³/mol. The number of allylic oxidation sites excluding steroid dienone is 10. The van der Waals surface area contributed by atoms with Gasteiger partial charge in [0.25, 0.3) is 0 Å². The number of pyridine rings is 1. The average Bonchev–Trinajstić information content (AvgIpc) is 3.07. The van der Waals surface area contributed by atoms with E-state index in [9.17, 15) is 4.79 Å². The third kappa shape index (κ3) is 3.99. The Bertz CT molecular complexity index is 1630. The van der Waals surface area contributed by atoms with E-state index in [2.05, 4.69) is 70.7 Å². The molecule has 4 aromatic rings. The SMILES string of the molecule is O=c1c(C2=CCc3cccnc3CC=C2)c[nH]c2c(C3=CCC=CC=C3)c(-c3ccccc3)bn12. The van der Waals surface area contributed by atoms with Crippen LogP contribution < -0.4 is 5.56 Å². The van der Waals surface area contributed by atoms with Gasteiger partial charge < -0.3 is 0 Å². The molecule has 1 N–H and O–H groups in total. The van der Waals surface area contributed by atoms with E-state index < -0.39 is 0 Å². The van der Waals surface area contributed by atoms with Crippen LogP contribution in [0.5, 0.6) is 0 Å². The fourth-order valence-corrected chi connectivity index (χ4v) is 4.87. The number of nitrogens with one attached hydrogen (secondary N) is 1. The Morgan fingerprint density at radius 2 is 1.83 bits per heavy atom. The van der Waals surface area contributed by atoms with Gasteiger partial charge in [-0.15, -0.1) is 0 Å². The van der Waals surface area contributed by atoms with Crippen LogP contribution in [0.25, 0.3) is 27.8 Å². The molecule has 3 heterocycles. The van der Waals surface area contributed by atoms with E-state index in [0.717, 1.165) is 58.3 Å². The first-order valence-electron chi connectivity index (χ1n) is 12.0. The molecule has 35 heavy (non-hydrogen) atoms. The molecule has 0 aliphatic heterocycles. The number of aromatic nitrogens is 3. The van der Waals surface area contributed by atoms with Crippen LogP contribution in [0.3, 0.4) is 0 Å². The van der Waals surface area contributed by atoms with Crippen LogP contribution >= 0.6 is 0 Å². The molecule has 0 amide bonds. The van der Waals surface area contributed by atoms with Crippen molar-refractivity contribution in [3.05, 3.63) is 136 Å². The molecule has 6 rings (SSSR count). The monoisotopic (exact) mass is 453 g/mol. The Kier molecular flexibility index (Phi) is 5.59. The summed E-state index contributed by atoms with van der Waals surface area (Å²) in [7, 11) is 1.97. The van der Waals surface area contributed by atoms with E-state index in [-0.39, 0.29) is 5.56 Å². The summed E-state index contributed by atoms with van der Waals surface area (Å²) in [6, 6.07) is 14.3. The zero-order valence-electron chi connectivity index (χ0n) is 19.3. The van der Waals surface area contributed by atoms with Crippen molar-refractivity contribution < 1.29 is 0 Å². The van der Waals surface area contributed by atoms with E-state index in [0.29, 0.717) is 5.56 Å². The van der Waals surface area contributed by atoms with Crippen LogP contribution in [-0.2, 0) is 12.8 Å². The van der Waals surface area contributed by atoms with Gasteiger partial charge in [0.15, 0.2) is 0 Å². The quantitative estimate of drug-likeness (QED) is 0.435. The fourth-order valence-electron chi connectivity index (χ4n) is 4.87. The number of benzene rings is 1. The summed E-state index contributed by atoms with van der Waals surface area (Å²) >= 11 is 0. The first kappa shape index (κ1) is 21.3. The summed E-state index contributed by atoms with van der Waals surface area (Å²) in [6.07, 6.45) is 22.9. The van der Waals surface area contributed by atoms with Crippen LogP contribution in [0, 0.1) is 0 Å². The average molecular weight is 453 g/mol. The second-order valence-electron chi connectivity index (χ2n) is 8.77. The summed E-state index contributed by atoms with van der Waals surface area (Å²) in [5, 5.41) is 0. The first-order chi connectivity index (χ1) is 17.3. The molecule has 3 aromatic heterocycles. The first-order valence-corrected chi connectivity index (χ1v) is 12.0. The molecule has 0 saturated heterocycles. The van der Waals surface area contributed by atoms with Crippen LogP contribution in [-0.4, -0.2) is 21.3 Å². The van der Waals surface area contributed by atoms with Crippen LogP contribution in [0.1, 0.15) is 28.8 Å². The van der Waals surface area contributed by atoms with Gasteiger partial charge in [-0.25, -0.2) is 0 Å². The number of H-pyrrole nitrogens is 1. The van der Waals surface area contributed by atoms with Gasteiger partial charge >= 0.3 is 205 Å². The Hall–Kier alpha value is -4.25. The Labute approximate surface area is 204 Å². The Morgan fingerprint density at radius 1 is 0.914 bits per heavy atom. The van der Waals surface area contributed by atoms with Gasteiger partial charge in [-0.1, -0.05) is 0 Å². The Balaban J connectivity index is 1.52. The molecule has 2 aliphatic rings. The molecule has 168 valence electrons. The number of hydrogen-bond acceptors (Lipinski definition) is 2. The third-order valence-electron chi connectivity index (χ3n) is 6.62. The van der Waals surface area contributed by atoms with Gasteiger partial charge in [0.05, 0.1) is 0 Å². The number of nitrogens with zero attached hydrogens (tertiary/aromatic N) is 2. The van der Waals surface area contributed by atoms with Crippen molar-refractivity contribution in [2.24, 2.45) is 0 Å². The van der Waals surface area contributed by atoms with Crippen molar-refractivity contribution in [2.45, 2.75) is 19.3 Å². The van der Waals surface area contributed by atoms with Gasteiger partial charge in [0.1, 0.15) is 0 Å². The molecule has 4 nitrogen and oxygen atoms in total. The number of rotatable bonds is 3. The molecule has 2 aliphatic carbocycles. The molecule has 0 fully saturated rings. The number of aromatic amines is 1. The molecule has 0 unspecified atom stereocenters. The summed E-state index contributed by atoms with van der Waals surface area (Å²) < 4.78 is 1.77. The van der Waals surface area contributed by atoms with Crippen molar-refractivity contribution in [1.82, 2.24) is 14.3 Å². The zero-order chi connectivity index (χ0) is 23.6. The minimum atomic E-state index is -0.0265. The van der Waals surface area contributed by atoms with Crippen LogP contribution in [0.15, 0.2) is 108 Å². The maximum atomic E-state index is 13.8. The molecule has 5 heteroatoms. The Morgan fingerprint density at radius 3 is 2.74 bits per heavy atom. The summed E-state index contributed by atoms with van der Waals surface area (Å²) in [5.74, 6) is 0. The van der Waals surface area contributed by atoms with E-state index in [1.165, 1.54) is 5.56 Å². The van der Waals surface area contributed by atoms with E-state index in [1.54, 1.807) is 4.31 Å². The van der Waals surface area contributed by atoms with Crippen molar-refractivity contribution in [3.8, 4) is 11.0 Å². The molecule has 0 saturated carbocycles. The predicted octanol–water partition coefficient (Wildman–Crippen LogP) is 5.67. The van der Waals surface area contributed by atoms with Gasteiger partial charge in [-0.05, 0) is 0 Å². The topological polar surface area (TPSA) is 50.2 Å². The minimum absolute atomic E-state index is 0.0265. The van der Waals surface area contributed by atoms with Crippen LogP contribution in [0.4, 0.5) is 0 Å². The second-order valence-corrected chi connectivity index (χ2v) is 8.77. The molecule has 0 atom stereocenters. The molecule has 0 radical (unpaired) electrons. The maximum absolute atomic E-state index is 13.8. The van der Waals surface area contributed by atoms with Crippen LogP contribution in [0.2, 0.25) is 0 Å². The summed E-state index contributed by atoms with van der Waals surface area (Å²) in [5.41, 5.74) is 8.92. The molecule has 0 spiro atoms. The molecular formula is C30H24BN3O. The zero-order valence-corrected chi connectivity index (χ0v) is 19.3. The van der Waals surface area contributed by atoms with Gasteiger partial charge in [0, 0.05) is 0 Å². The molecular weight excluding hydrogens is 429 g/mol. The molecule has 0 bridgehead atoms. The van der Waals surface area contributed by atoms with E-state index in [4.69, 9.17) is 0 Å². The number of fused-ring (bicyclic) bond motifs is 2. The normalized spacial score (nSPS) is 15.1. The number of hydrogen-bond donors (Lipinski definition) is 1. The van der Waals surface area contributed by atoms with Gasteiger partial charge in [0.2, 0.25) is 0 Å². The second kappa shape index (κ2) is 9.19. The van der Waals surface area contributed by atoms with Crippen molar-refractivity contribution >= 4 is 23.8 Å². The van der Waals surface area contributed by atoms with Crippen molar-refractivity contribution in [2.75, 3.05) is 0 Å².